The van der Waals surface area contributed by atoms with Gasteiger partial charge in [0.1, 0.15) is 12.0 Å². The van der Waals surface area contributed by atoms with E-state index in [1.165, 1.54) is 5.56 Å². The lowest BCUT2D eigenvalue weighted by Gasteiger charge is -2.35. The molecule has 2 aromatic rings. The molecule has 7 heteroatoms. The van der Waals surface area contributed by atoms with Gasteiger partial charge in [-0.25, -0.2) is 9.37 Å². The Balaban J connectivity index is 1.28. The Morgan fingerprint density at radius 1 is 1.15 bits per heavy atom. The summed E-state index contributed by atoms with van der Waals surface area (Å²) in [5.74, 6) is 0.926. The molecular weight excluding hydrogens is 453 g/mol. The first kappa shape index (κ1) is 24.0. The van der Waals surface area contributed by atoms with Gasteiger partial charge in [-0.05, 0) is 93.9 Å². The molecule has 184 valence electrons. The van der Waals surface area contributed by atoms with Crippen molar-refractivity contribution in [3.63, 3.8) is 0 Å². The Morgan fingerprint density at radius 2 is 1.94 bits per heavy atom. The molecule has 2 atom stereocenters. The van der Waals surface area contributed by atoms with Crippen LogP contribution in [-0.4, -0.2) is 53.3 Å². The fraction of sp³-hybridized carbons (Fsp3) is 0.630. The van der Waals surface area contributed by atoms with Crippen LogP contribution in [-0.2, 0) is 9.53 Å². The van der Waals surface area contributed by atoms with Gasteiger partial charge in [-0.2, -0.15) is 0 Å². The zero-order valence-electron chi connectivity index (χ0n) is 20.2. The van der Waals surface area contributed by atoms with Gasteiger partial charge in [0, 0.05) is 48.3 Å². The van der Waals surface area contributed by atoms with Crippen molar-refractivity contribution in [1.29, 1.82) is 0 Å². The lowest BCUT2D eigenvalue weighted by Crippen LogP contribution is -2.39. The summed E-state index contributed by atoms with van der Waals surface area (Å²) in [7, 11) is 0. The molecule has 2 saturated heterocycles. The van der Waals surface area contributed by atoms with Crippen molar-refractivity contribution in [1.82, 2.24) is 9.88 Å². The topological polar surface area (TPSA) is 54.5 Å². The normalized spacial score (nSPS) is 29.9. The third-order valence-corrected chi connectivity index (χ3v) is 8.30. The Labute approximate surface area is 206 Å². The maximum Gasteiger partial charge on any atom is 0.228 e. The Morgan fingerprint density at radius 3 is 2.65 bits per heavy atom. The maximum absolute atomic E-state index is 13.6. The highest BCUT2D eigenvalue weighted by Gasteiger charge is 2.34. The predicted molar refractivity (Wildman–Crippen MR) is 134 cm³/mol. The molecule has 1 amide bonds. The number of rotatable bonds is 4. The minimum absolute atomic E-state index is 0.00756. The largest absolute Gasteiger partial charge is 0.376 e. The molecule has 3 heterocycles. The number of carbonyl (C=O) groups excluding carboxylic acids is 1. The number of amides is 1. The monoisotopic (exact) mass is 487 g/mol. The molecule has 2 aliphatic heterocycles. The van der Waals surface area contributed by atoms with Crippen molar-refractivity contribution in [3.05, 3.63) is 35.0 Å². The van der Waals surface area contributed by atoms with E-state index < -0.39 is 6.17 Å². The SMILES string of the molecule is CC1(C)C[C@@H](C(=O)Nc2cc3cc([C@H]4CC[C@H](N5CC[C@@H](F)C5)CC4)c(Cl)cc3cn2)CCO1. The van der Waals surface area contributed by atoms with Crippen LogP contribution in [0.25, 0.3) is 10.8 Å². The van der Waals surface area contributed by atoms with E-state index in [2.05, 4.69) is 21.3 Å². The predicted octanol–water partition coefficient (Wildman–Crippen LogP) is 6.10. The van der Waals surface area contributed by atoms with E-state index in [0.717, 1.165) is 54.4 Å². The van der Waals surface area contributed by atoms with Gasteiger partial charge in [0.05, 0.1) is 5.60 Å². The molecule has 0 bridgehead atoms. The van der Waals surface area contributed by atoms with E-state index in [-0.39, 0.29) is 17.4 Å². The third-order valence-electron chi connectivity index (χ3n) is 7.97. The molecule has 1 aliphatic carbocycles. The summed E-state index contributed by atoms with van der Waals surface area (Å²) >= 11 is 6.70. The van der Waals surface area contributed by atoms with Crippen LogP contribution in [0.2, 0.25) is 5.02 Å². The van der Waals surface area contributed by atoms with Crippen LogP contribution in [0.15, 0.2) is 24.4 Å². The average molecular weight is 488 g/mol. The van der Waals surface area contributed by atoms with E-state index in [0.29, 0.717) is 43.8 Å². The highest BCUT2D eigenvalue weighted by molar-refractivity contribution is 6.32. The Bertz CT molecular complexity index is 1050. The highest BCUT2D eigenvalue weighted by Crippen LogP contribution is 2.40. The molecule has 3 aliphatic rings. The van der Waals surface area contributed by atoms with Gasteiger partial charge in [0.15, 0.2) is 0 Å². The zero-order chi connectivity index (χ0) is 23.9. The summed E-state index contributed by atoms with van der Waals surface area (Å²) in [6, 6.07) is 6.61. The maximum atomic E-state index is 13.6. The summed E-state index contributed by atoms with van der Waals surface area (Å²) in [6.45, 7) is 6.15. The second kappa shape index (κ2) is 9.71. The fourth-order valence-electron chi connectivity index (χ4n) is 6.08. The number of nitrogens with zero attached hydrogens (tertiary/aromatic N) is 2. The smallest absolute Gasteiger partial charge is 0.228 e. The lowest BCUT2D eigenvalue weighted by atomic mass is 9.81. The molecular formula is C27H35ClFN3O2. The molecule has 1 aromatic carbocycles. The molecule has 0 unspecified atom stereocenters. The first-order valence-electron chi connectivity index (χ1n) is 12.7. The van der Waals surface area contributed by atoms with E-state index in [1.54, 1.807) is 6.20 Å². The van der Waals surface area contributed by atoms with E-state index >= 15 is 0 Å². The summed E-state index contributed by atoms with van der Waals surface area (Å²) in [4.78, 5) is 19.7. The van der Waals surface area contributed by atoms with E-state index in [1.807, 2.05) is 26.0 Å². The molecule has 0 spiro atoms. The number of likely N-dealkylation sites (tertiary alicyclic amines) is 1. The van der Waals surface area contributed by atoms with Crippen molar-refractivity contribution in [2.75, 3.05) is 25.0 Å². The number of fused-ring (bicyclic) bond motifs is 1. The lowest BCUT2D eigenvalue weighted by molar-refractivity contribution is -0.130. The van der Waals surface area contributed by atoms with Crippen molar-refractivity contribution in [2.24, 2.45) is 5.92 Å². The van der Waals surface area contributed by atoms with Crippen molar-refractivity contribution in [3.8, 4) is 0 Å². The van der Waals surface area contributed by atoms with Crippen LogP contribution in [0.4, 0.5) is 10.2 Å². The van der Waals surface area contributed by atoms with Crippen LogP contribution in [0.3, 0.4) is 0 Å². The van der Waals surface area contributed by atoms with Crippen molar-refractivity contribution >= 4 is 34.1 Å². The number of benzene rings is 1. The van der Waals surface area contributed by atoms with Gasteiger partial charge in [0.2, 0.25) is 5.91 Å². The summed E-state index contributed by atoms with van der Waals surface area (Å²) in [5, 5.41) is 5.81. The van der Waals surface area contributed by atoms with Crippen LogP contribution >= 0.6 is 11.6 Å². The summed E-state index contributed by atoms with van der Waals surface area (Å²) in [5.41, 5.74) is 0.899. The minimum Gasteiger partial charge on any atom is -0.376 e. The van der Waals surface area contributed by atoms with Gasteiger partial charge in [-0.1, -0.05) is 11.6 Å². The second-order valence-electron chi connectivity index (χ2n) is 11.0. The molecule has 0 radical (unpaired) electrons. The van der Waals surface area contributed by atoms with Crippen LogP contribution in [0.5, 0.6) is 0 Å². The van der Waals surface area contributed by atoms with Gasteiger partial charge < -0.3 is 10.1 Å². The molecule has 1 aromatic heterocycles. The second-order valence-corrected chi connectivity index (χ2v) is 11.4. The molecule has 34 heavy (non-hydrogen) atoms. The number of halogens is 2. The molecule has 3 fully saturated rings. The number of alkyl halides is 1. The standard InChI is InChI=1S/C27H35ClFN3O2/c1-27(2)14-18(8-10-34-27)26(33)31-25-13-19-11-23(24(28)12-20(19)15-30-25)17-3-5-22(6-4-17)32-9-7-21(29)16-32/h11-13,15,17-18,21-22H,3-10,14,16H2,1-2H3,(H,30,31,33)/t17-,18-,21+,22-/m0/s1. The molecule has 1 N–H and O–H groups in total. The third kappa shape index (κ3) is 5.24. The van der Waals surface area contributed by atoms with Gasteiger partial charge >= 0.3 is 0 Å². The average Bonchev–Trinajstić information content (AvgIpc) is 3.24. The molecule has 5 nitrogen and oxygen atoms in total. The number of anilines is 1. The summed E-state index contributed by atoms with van der Waals surface area (Å²) < 4.78 is 19.4. The number of ether oxygens (including phenoxy) is 1. The van der Waals surface area contributed by atoms with Crippen LogP contribution < -0.4 is 5.32 Å². The number of hydrogen-bond acceptors (Lipinski definition) is 4. The van der Waals surface area contributed by atoms with Crippen molar-refractivity contribution < 1.29 is 13.9 Å². The van der Waals surface area contributed by atoms with Crippen LogP contribution in [0.1, 0.15) is 70.3 Å². The van der Waals surface area contributed by atoms with Gasteiger partial charge in [-0.3, -0.25) is 9.69 Å². The highest BCUT2D eigenvalue weighted by atomic mass is 35.5. The Kier molecular flexibility index (Phi) is 6.84. The first-order chi connectivity index (χ1) is 16.3. The zero-order valence-corrected chi connectivity index (χ0v) is 20.9. The number of nitrogens with one attached hydrogen (secondary N) is 1. The summed E-state index contributed by atoms with van der Waals surface area (Å²) in [6.07, 6.45) is 7.55. The van der Waals surface area contributed by atoms with Crippen LogP contribution in [0, 0.1) is 5.92 Å². The van der Waals surface area contributed by atoms with E-state index in [9.17, 15) is 9.18 Å². The number of pyridine rings is 1. The number of carbonyl (C=O) groups is 1. The molecule has 1 saturated carbocycles. The van der Waals surface area contributed by atoms with E-state index in [4.69, 9.17) is 16.3 Å². The quantitative estimate of drug-likeness (QED) is 0.566. The molecule has 5 rings (SSSR count). The number of hydrogen-bond donors (Lipinski definition) is 1. The van der Waals surface area contributed by atoms with Crippen molar-refractivity contribution in [2.45, 2.75) is 82.5 Å². The van der Waals surface area contributed by atoms with Gasteiger partial charge in [-0.15, -0.1) is 0 Å². The first-order valence-corrected chi connectivity index (χ1v) is 13.1. The number of aromatic nitrogens is 1. The minimum atomic E-state index is -0.658. The fourth-order valence-corrected chi connectivity index (χ4v) is 6.40. The van der Waals surface area contributed by atoms with Gasteiger partial charge in [0.25, 0.3) is 0 Å². The Hall–Kier alpha value is -1.76.